The minimum Gasteiger partial charge on any atom is -0.395 e. The second-order valence-electron chi connectivity index (χ2n) is 4.24. The van der Waals surface area contributed by atoms with Crippen molar-refractivity contribution in [2.45, 2.75) is 32.7 Å². The van der Waals surface area contributed by atoms with Crippen molar-refractivity contribution in [1.29, 1.82) is 0 Å². The quantitative estimate of drug-likeness (QED) is 0.749. The third-order valence-electron chi connectivity index (χ3n) is 2.82. The Hall–Kier alpha value is -0.610. The van der Waals surface area contributed by atoms with Gasteiger partial charge >= 0.3 is 0 Å². The molecular weight excluding hydrogens is 194 g/mol. The fraction of sp³-hybridized carbons (Fsp3) is 0.909. The van der Waals surface area contributed by atoms with Crippen molar-refractivity contribution >= 4 is 5.91 Å². The molecule has 0 unspecified atom stereocenters. The van der Waals surface area contributed by atoms with Crippen LogP contribution in [0.4, 0.5) is 0 Å². The number of carbonyl (C=O) groups is 1. The highest BCUT2D eigenvalue weighted by Crippen LogP contribution is 2.18. The van der Waals surface area contributed by atoms with Crippen LogP contribution in [-0.4, -0.2) is 48.3 Å². The smallest absolute Gasteiger partial charge is 0.226 e. The highest BCUT2D eigenvalue weighted by atomic mass is 16.5. The van der Waals surface area contributed by atoms with E-state index in [1.165, 1.54) is 0 Å². The summed E-state index contributed by atoms with van der Waals surface area (Å²) in [5, 5.41) is 8.91. The zero-order valence-electron chi connectivity index (χ0n) is 9.61. The maximum Gasteiger partial charge on any atom is 0.226 e. The summed E-state index contributed by atoms with van der Waals surface area (Å²) in [5.74, 6) is 0.259. The van der Waals surface area contributed by atoms with Gasteiger partial charge in [-0.1, -0.05) is 0 Å². The molecule has 0 aromatic heterocycles. The van der Waals surface area contributed by atoms with Crippen LogP contribution >= 0.6 is 0 Å². The number of amides is 1. The molecule has 0 aromatic carbocycles. The Morgan fingerprint density at radius 3 is 2.53 bits per heavy atom. The molecule has 4 nitrogen and oxygen atoms in total. The summed E-state index contributed by atoms with van der Waals surface area (Å²) in [6, 6.07) is 0.160. The van der Waals surface area contributed by atoms with Gasteiger partial charge in [-0.15, -0.1) is 0 Å². The Morgan fingerprint density at radius 2 is 2.07 bits per heavy atom. The SMILES string of the molecule is CC(C)N(CCO)C(=O)C1CCOCC1. The zero-order chi connectivity index (χ0) is 11.3. The fourth-order valence-corrected chi connectivity index (χ4v) is 1.91. The predicted molar refractivity (Wildman–Crippen MR) is 57.5 cm³/mol. The van der Waals surface area contributed by atoms with Crippen LogP contribution in [0.25, 0.3) is 0 Å². The summed E-state index contributed by atoms with van der Waals surface area (Å²) < 4.78 is 5.23. The third-order valence-corrected chi connectivity index (χ3v) is 2.82. The van der Waals surface area contributed by atoms with Crippen LogP contribution in [0, 0.1) is 5.92 Å². The van der Waals surface area contributed by atoms with Gasteiger partial charge in [-0.3, -0.25) is 4.79 Å². The van der Waals surface area contributed by atoms with Gasteiger partial charge in [-0.25, -0.2) is 0 Å². The maximum atomic E-state index is 12.1. The van der Waals surface area contributed by atoms with Gasteiger partial charge in [0.1, 0.15) is 0 Å². The van der Waals surface area contributed by atoms with Crippen LogP contribution in [0.15, 0.2) is 0 Å². The monoisotopic (exact) mass is 215 g/mol. The minimum absolute atomic E-state index is 0.0349. The molecular formula is C11H21NO3. The van der Waals surface area contributed by atoms with E-state index in [-0.39, 0.29) is 24.5 Å². The molecule has 0 aromatic rings. The Bertz CT molecular complexity index is 200. The van der Waals surface area contributed by atoms with Crippen LogP contribution in [0.5, 0.6) is 0 Å². The number of ether oxygens (including phenoxy) is 1. The standard InChI is InChI=1S/C11H21NO3/c1-9(2)12(5-6-13)11(14)10-3-7-15-8-4-10/h9-10,13H,3-8H2,1-2H3. The van der Waals surface area contributed by atoms with Gasteiger partial charge in [-0.2, -0.15) is 0 Å². The molecule has 1 fully saturated rings. The van der Waals surface area contributed by atoms with Gasteiger partial charge in [0.15, 0.2) is 0 Å². The zero-order valence-corrected chi connectivity index (χ0v) is 9.61. The van der Waals surface area contributed by atoms with E-state index in [2.05, 4.69) is 0 Å². The lowest BCUT2D eigenvalue weighted by molar-refractivity contribution is -0.140. The first-order valence-corrected chi connectivity index (χ1v) is 5.66. The van der Waals surface area contributed by atoms with Crippen LogP contribution < -0.4 is 0 Å². The highest BCUT2D eigenvalue weighted by molar-refractivity contribution is 5.79. The first-order valence-electron chi connectivity index (χ1n) is 5.66. The first-order chi connectivity index (χ1) is 7.16. The van der Waals surface area contributed by atoms with E-state index < -0.39 is 0 Å². The third kappa shape index (κ3) is 3.47. The van der Waals surface area contributed by atoms with Gasteiger partial charge in [0.25, 0.3) is 0 Å². The van der Waals surface area contributed by atoms with Crippen LogP contribution in [-0.2, 0) is 9.53 Å². The molecule has 1 aliphatic heterocycles. The normalized spacial score (nSPS) is 18.1. The lowest BCUT2D eigenvalue weighted by Gasteiger charge is -2.31. The second-order valence-corrected chi connectivity index (χ2v) is 4.24. The summed E-state index contributed by atoms with van der Waals surface area (Å²) in [6.45, 7) is 5.80. The maximum absolute atomic E-state index is 12.1. The predicted octanol–water partition coefficient (Wildman–Crippen LogP) is 0.642. The van der Waals surface area contributed by atoms with E-state index in [1.807, 2.05) is 13.8 Å². The number of nitrogens with zero attached hydrogens (tertiary/aromatic N) is 1. The molecule has 0 aliphatic carbocycles. The van der Waals surface area contributed by atoms with Crippen LogP contribution in [0.2, 0.25) is 0 Å². The Balaban J connectivity index is 2.53. The van der Waals surface area contributed by atoms with Crippen molar-refractivity contribution in [2.75, 3.05) is 26.4 Å². The molecule has 88 valence electrons. The van der Waals surface area contributed by atoms with Gasteiger partial charge < -0.3 is 14.7 Å². The molecule has 1 aliphatic rings. The average Bonchev–Trinajstić information content (AvgIpc) is 2.26. The van der Waals surface area contributed by atoms with E-state index in [0.29, 0.717) is 19.8 Å². The summed E-state index contributed by atoms with van der Waals surface area (Å²) in [4.78, 5) is 13.8. The molecule has 0 radical (unpaired) electrons. The number of hydrogen-bond donors (Lipinski definition) is 1. The molecule has 1 heterocycles. The van der Waals surface area contributed by atoms with Gasteiger partial charge in [0.2, 0.25) is 5.91 Å². The van der Waals surface area contributed by atoms with Crippen molar-refractivity contribution in [1.82, 2.24) is 4.90 Å². The average molecular weight is 215 g/mol. The Kier molecular flexibility index (Phi) is 5.05. The summed E-state index contributed by atoms with van der Waals surface area (Å²) in [5.41, 5.74) is 0. The number of aliphatic hydroxyl groups excluding tert-OH is 1. The second kappa shape index (κ2) is 6.08. The minimum atomic E-state index is 0.0349. The number of rotatable bonds is 4. The number of aliphatic hydroxyl groups is 1. The topological polar surface area (TPSA) is 49.8 Å². The van der Waals surface area contributed by atoms with Crippen molar-refractivity contribution < 1.29 is 14.6 Å². The van der Waals surface area contributed by atoms with Gasteiger partial charge in [0, 0.05) is 31.7 Å². The first kappa shape index (κ1) is 12.5. The molecule has 4 heteroatoms. The van der Waals surface area contributed by atoms with E-state index in [1.54, 1.807) is 4.90 Å². The fourth-order valence-electron chi connectivity index (χ4n) is 1.91. The van der Waals surface area contributed by atoms with Crippen LogP contribution in [0.1, 0.15) is 26.7 Å². The lowest BCUT2D eigenvalue weighted by atomic mass is 9.98. The van der Waals surface area contributed by atoms with Gasteiger partial charge in [0.05, 0.1) is 6.61 Å². The van der Waals surface area contributed by atoms with Crippen LogP contribution in [0.3, 0.4) is 0 Å². The molecule has 15 heavy (non-hydrogen) atoms. The molecule has 0 atom stereocenters. The molecule has 0 spiro atoms. The lowest BCUT2D eigenvalue weighted by Crippen LogP contribution is -2.43. The Labute approximate surface area is 91.2 Å². The Morgan fingerprint density at radius 1 is 1.47 bits per heavy atom. The van der Waals surface area contributed by atoms with Crippen molar-refractivity contribution in [2.24, 2.45) is 5.92 Å². The summed E-state index contributed by atoms with van der Waals surface area (Å²) >= 11 is 0. The molecule has 1 rings (SSSR count). The number of carbonyl (C=O) groups excluding carboxylic acids is 1. The molecule has 0 bridgehead atoms. The van der Waals surface area contributed by atoms with E-state index in [0.717, 1.165) is 12.8 Å². The highest BCUT2D eigenvalue weighted by Gasteiger charge is 2.27. The van der Waals surface area contributed by atoms with E-state index in [4.69, 9.17) is 9.84 Å². The van der Waals surface area contributed by atoms with E-state index >= 15 is 0 Å². The summed E-state index contributed by atoms with van der Waals surface area (Å²) in [7, 11) is 0. The van der Waals surface area contributed by atoms with Gasteiger partial charge in [-0.05, 0) is 26.7 Å². The van der Waals surface area contributed by atoms with Crippen molar-refractivity contribution in [3.8, 4) is 0 Å². The molecule has 1 saturated heterocycles. The molecule has 1 N–H and O–H groups in total. The largest absolute Gasteiger partial charge is 0.395 e. The van der Waals surface area contributed by atoms with E-state index in [9.17, 15) is 4.79 Å². The van der Waals surface area contributed by atoms with Crippen molar-refractivity contribution in [3.63, 3.8) is 0 Å². The molecule has 0 saturated carbocycles. The van der Waals surface area contributed by atoms with Crippen molar-refractivity contribution in [3.05, 3.63) is 0 Å². The molecule has 1 amide bonds. The summed E-state index contributed by atoms with van der Waals surface area (Å²) in [6.07, 6.45) is 1.63. The number of hydrogen-bond acceptors (Lipinski definition) is 3.